The standard InChI is InChI=1S/C11H22S.C2H6/c1-9-6-7-11(8-10(9)2)12(3,4)5;1-2/h9-11H,3-4,6-8H2,1-2,5H3;1-2H3. The van der Waals surface area contributed by atoms with Crippen molar-refractivity contribution < 1.29 is 0 Å². The molecular formula is C13H28S. The highest BCUT2D eigenvalue weighted by Gasteiger charge is 2.25. The third kappa shape index (κ3) is 4.08. The summed E-state index contributed by atoms with van der Waals surface area (Å²) < 4.78 is 0. The Bertz CT molecular complexity index is 236. The zero-order chi connectivity index (χ0) is 11.4. The Kier molecular flexibility index (Phi) is 5.88. The van der Waals surface area contributed by atoms with E-state index >= 15 is 0 Å². The molecule has 1 heteroatoms. The quantitative estimate of drug-likeness (QED) is 0.578. The molecule has 1 rings (SSSR count). The molecule has 3 unspecified atom stereocenters. The van der Waals surface area contributed by atoms with E-state index in [-0.39, 0.29) is 0 Å². The van der Waals surface area contributed by atoms with Gasteiger partial charge in [-0.15, -0.1) is 0 Å². The molecule has 86 valence electrons. The summed E-state index contributed by atoms with van der Waals surface area (Å²) >= 11 is 0. The Labute approximate surface area is 91.6 Å². The molecule has 3 atom stereocenters. The third-order valence-electron chi connectivity index (χ3n) is 3.35. The second-order valence-corrected chi connectivity index (χ2v) is 8.11. The van der Waals surface area contributed by atoms with Gasteiger partial charge in [0.2, 0.25) is 0 Å². The van der Waals surface area contributed by atoms with Crippen molar-refractivity contribution in [1.82, 2.24) is 0 Å². The number of hydrogen-bond donors (Lipinski definition) is 0. The van der Waals surface area contributed by atoms with E-state index in [1.54, 1.807) is 0 Å². The molecule has 0 aromatic heterocycles. The third-order valence-corrected chi connectivity index (χ3v) is 5.39. The Morgan fingerprint density at radius 1 is 1.00 bits per heavy atom. The van der Waals surface area contributed by atoms with Crippen LogP contribution >= 0.6 is 9.21 Å². The van der Waals surface area contributed by atoms with E-state index < -0.39 is 9.21 Å². The topological polar surface area (TPSA) is 0 Å². The van der Waals surface area contributed by atoms with Gasteiger partial charge in [0.25, 0.3) is 0 Å². The largest absolute Gasteiger partial charge is 0.214 e. The van der Waals surface area contributed by atoms with Crippen LogP contribution in [0.2, 0.25) is 0 Å². The Hall–Kier alpha value is 0.0900. The molecule has 1 saturated carbocycles. The summed E-state index contributed by atoms with van der Waals surface area (Å²) in [5.74, 6) is 10.3. The molecule has 0 radical (unpaired) electrons. The van der Waals surface area contributed by atoms with E-state index in [4.69, 9.17) is 0 Å². The Balaban J connectivity index is 0.000000791. The van der Waals surface area contributed by atoms with Crippen molar-refractivity contribution in [2.75, 3.05) is 6.26 Å². The lowest BCUT2D eigenvalue weighted by Gasteiger charge is -2.35. The molecule has 1 aliphatic carbocycles. The molecule has 0 nitrogen and oxygen atoms in total. The van der Waals surface area contributed by atoms with Crippen molar-refractivity contribution >= 4 is 20.9 Å². The van der Waals surface area contributed by atoms with Gasteiger partial charge in [-0.3, -0.25) is 0 Å². The lowest BCUT2D eigenvalue weighted by Crippen LogP contribution is -2.24. The first kappa shape index (κ1) is 14.1. The minimum absolute atomic E-state index is 0.782. The molecule has 0 aromatic rings. The summed E-state index contributed by atoms with van der Waals surface area (Å²) in [6.07, 6.45) is 6.37. The molecule has 0 saturated heterocycles. The lowest BCUT2D eigenvalue weighted by atomic mass is 9.81. The van der Waals surface area contributed by atoms with Gasteiger partial charge in [0, 0.05) is 0 Å². The van der Waals surface area contributed by atoms with Gasteiger partial charge in [-0.05, 0) is 42.6 Å². The predicted octanol–water partition coefficient (Wildman–Crippen LogP) is 4.14. The van der Waals surface area contributed by atoms with Gasteiger partial charge >= 0.3 is 0 Å². The van der Waals surface area contributed by atoms with Gasteiger partial charge in [0.15, 0.2) is 0 Å². The Morgan fingerprint density at radius 3 is 1.86 bits per heavy atom. The van der Waals surface area contributed by atoms with Crippen molar-refractivity contribution in [3.8, 4) is 0 Å². The fourth-order valence-corrected chi connectivity index (χ4v) is 3.49. The molecule has 0 spiro atoms. The first-order valence-corrected chi connectivity index (χ1v) is 8.28. The summed E-state index contributed by atoms with van der Waals surface area (Å²) in [6, 6.07) is 0. The van der Waals surface area contributed by atoms with Crippen molar-refractivity contribution in [2.24, 2.45) is 11.8 Å². The highest BCUT2D eigenvalue weighted by molar-refractivity contribution is 8.27. The minimum atomic E-state index is -0.782. The summed E-state index contributed by atoms with van der Waals surface area (Å²) in [7, 11) is -0.782. The molecular weight excluding hydrogens is 188 g/mol. The van der Waals surface area contributed by atoms with Gasteiger partial charge in [-0.1, -0.05) is 39.4 Å². The molecule has 14 heavy (non-hydrogen) atoms. The van der Waals surface area contributed by atoms with Crippen LogP contribution in [-0.2, 0) is 0 Å². The predicted molar refractivity (Wildman–Crippen MR) is 75.1 cm³/mol. The SMILES string of the molecule is C=S(=C)(C)C1CCC(C)C(C)C1.CC. The van der Waals surface area contributed by atoms with E-state index in [1.807, 2.05) is 13.8 Å². The molecule has 1 fully saturated rings. The zero-order valence-corrected chi connectivity index (χ0v) is 11.5. The fraction of sp³-hybridized carbons (Fsp3) is 0.846. The van der Waals surface area contributed by atoms with Crippen LogP contribution in [0.15, 0.2) is 0 Å². The zero-order valence-electron chi connectivity index (χ0n) is 10.7. The van der Waals surface area contributed by atoms with Crippen LogP contribution in [-0.4, -0.2) is 23.2 Å². The minimum Gasteiger partial charge on any atom is -0.214 e. The van der Waals surface area contributed by atoms with Crippen molar-refractivity contribution in [2.45, 2.75) is 52.2 Å². The Morgan fingerprint density at radius 2 is 1.50 bits per heavy atom. The highest BCUT2D eigenvalue weighted by atomic mass is 32.2. The average Bonchev–Trinajstić information content (AvgIpc) is 2.11. The molecule has 1 aliphatic rings. The normalized spacial score (nSPS) is 33.1. The molecule has 0 N–H and O–H groups in total. The van der Waals surface area contributed by atoms with Gasteiger partial charge in [-0.2, -0.15) is 0 Å². The van der Waals surface area contributed by atoms with E-state index in [0.29, 0.717) is 0 Å². The van der Waals surface area contributed by atoms with Crippen molar-refractivity contribution in [1.29, 1.82) is 0 Å². The lowest BCUT2D eigenvalue weighted by molar-refractivity contribution is 0.283. The molecule has 0 aliphatic heterocycles. The average molecular weight is 216 g/mol. The fourth-order valence-electron chi connectivity index (χ4n) is 2.01. The smallest absolute Gasteiger partial charge is 0.00542 e. The molecule has 0 amide bonds. The van der Waals surface area contributed by atoms with E-state index in [2.05, 4.69) is 31.8 Å². The van der Waals surface area contributed by atoms with Crippen LogP contribution < -0.4 is 0 Å². The monoisotopic (exact) mass is 216 g/mol. The summed E-state index contributed by atoms with van der Waals surface area (Å²) in [5, 5.41) is 0.823. The van der Waals surface area contributed by atoms with Gasteiger partial charge < -0.3 is 0 Å². The van der Waals surface area contributed by atoms with Crippen LogP contribution in [0.3, 0.4) is 0 Å². The van der Waals surface area contributed by atoms with Gasteiger partial charge in [0.05, 0.1) is 0 Å². The highest BCUT2D eigenvalue weighted by Crippen LogP contribution is 2.39. The van der Waals surface area contributed by atoms with Crippen molar-refractivity contribution in [3.05, 3.63) is 0 Å². The summed E-state index contributed by atoms with van der Waals surface area (Å²) in [6.45, 7) is 8.75. The van der Waals surface area contributed by atoms with E-state index in [1.165, 1.54) is 19.3 Å². The van der Waals surface area contributed by atoms with Crippen LogP contribution in [0.4, 0.5) is 0 Å². The van der Waals surface area contributed by atoms with Crippen LogP contribution in [0.5, 0.6) is 0 Å². The second kappa shape index (κ2) is 5.85. The number of rotatable bonds is 1. The first-order valence-electron chi connectivity index (χ1n) is 5.84. The van der Waals surface area contributed by atoms with Crippen molar-refractivity contribution in [3.63, 3.8) is 0 Å². The maximum atomic E-state index is 4.23. The van der Waals surface area contributed by atoms with E-state index in [9.17, 15) is 0 Å². The van der Waals surface area contributed by atoms with Crippen LogP contribution in [0.25, 0.3) is 0 Å². The van der Waals surface area contributed by atoms with Crippen LogP contribution in [0, 0.1) is 11.8 Å². The maximum Gasteiger partial charge on any atom is -0.00542 e. The number of hydrogen-bond acceptors (Lipinski definition) is 0. The summed E-state index contributed by atoms with van der Waals surface area (Å²) in [5.41, 5.74) is 0. The molecule has 0 bridgehead atoms. The summed E-state index contributed by atoms with van der Waals surface area (Å²) in [4.78, 5) is 0. The van der Waals surface area contributed by atoms with Crippen LogP contribution in [0.1, 0.15) is 47.0 Å². The first-order chi connectivity index (χ1) is 6.41. The van der Waals surface area contributed by atoms with Gasteiger partial charge in [-0.25, -0.2) is 9.21 Å². The molecule has 0 heterocycles. The molecule has 0 aromatic carbocycles. The van der Waals surface area contributed by atoms with Gasteiger partial charge in [0.1, 0.15) is 0 Å². The maximum absolute atomic E-state index is 4.23. The van der Waals surface area contributed by atoms with E-state index in [0.717, 1.165) is 17.1 Å². The second-order valence-electron chi connectivity index (χ2n) is 4.74.